The Hall–Kier alpha value is -0.200. The summed E-state index contributed by atoms with van der Waals surface area (Å²) in [4.78, 5) is 6.38. The zero-order valence-corrected chi connectivity index (χ0v) is 10.7. The fraction of sp³-hybridized carbons (Fsp3) is 0.667. The van der Waals surface area contributed by atoms with E-state index in [9.17, 15) is 8.42 Å². The smallest absolute Gasteiger partial charge is 0.229 e. The van der Waals surface area contributed by atoms with E-state index in [1.54, 1.807) is 0 Å². The molecule has 0 aromatic rings. The molecular formula is C9H13BrN2O2S. The van der Waals surface area contributed by atoms with Gasteiger partial charge in [-0.25, -0.2) is 13.4 Å². The highest BCUT2D eigenvalue weighted by Crippen LogP contribution is 2.22. The predicted molar refractivity (Wildman–Crippen MR) is 63.7 cm³/mol. The molecule has 84 valence electrons. The van der Waals surface area contributed by atoms with E-state index in [4.69, 9.17) is 0 Å². The van der Waals surface area contributed by atoms with Gasteiger partial charge in [0.15, 0.2) is 0 Å². The van der Waals surface area contributed by atoms with Gasteiger partial charge >= 0.3 is 0 Å². The summed E-state index contributed by atoms with van der Waals surface area (Å²) in [5, 5.41) is 0. The van der Waals surface area contributed by atoms with Crippen molar-refractivity contribution in [3.63, 3.8) is 0 Å². The van der Waals surface area contributed by atoms with Crippen molar-refractivity contribution < 1.29 is 8.42 Å². The molecule has 2 aliphatic heterocycles. The molecule has 0 aromatic carbocycles. The molecule has 0 N–H and O–H groups in total. The first-order valence-corrected chi connectivity index (χ1v) is 7.28. The van der Waals surface area contributed by atoms with E-state index < -0.39 is 9.84 Å². The molecule has 0 amide bonds. The first-order chi connectivity index (χ1) is 7.10. The number of sulfone groups is 1. The predicted octanol–water partition coefficient (Wildman–Crippen LogP) is 1.49. The number of rotatable bonds is 2. The third-order valence-corrected chi connectivity index (χ3v) is 5.66. The summed E-state index contributed by atoms with van der Waals surface area (Å²) in [6.07, 6.45) is 5.03. The average Bonchev–Trinajstić information content (AvgIpc) is 2.47. The van der Waals surface area contributed by atoms with Crippen molar-refractivity contribution in [3.05, 3.63) is 11.1 Å². The average molecular weight is 293 g/mol. The summed E-state index contributed by atoms with van der Waals surface area (Å²) in [5.41, 5.74) is 0. The van der Waals surface area contributed by atoms with Crippen molar-refractivity contribution in [3.8, 4) is 0 Å². The molecule has 0 saturated carbocycles. The maximum atomic E-state index is 11.7. The SMILES string of the molecule is O=S1(=O)C(CN2CCCCC2)=CN=C1Br. The molecule has 0 radical (unpaired) electrons. The van der Waals surface area contributed by atoms with Gasteiger partial charge in [0, 0.05) is 12.7 Å². The number of halogens is 1. The number of nitrogens with zero attached hydrogens (tertiary/aromatic N) is 2. The highest BCUT2D eigenvalue weighted by Gasteiger charge is 2.29. The quantitative estimate of drug-likeness (QED) is 0.775. The third kappa shape index (κ3) is 2.32. The number of hydrogen-bond donors (Lipinski definition) is 0. The molecule has 0 aliphatic carbocycles. The van der Waals surface area contributed by atoms with E-state index in [0.29, 0.717) is 11.4 Å². The van der Waals surface area contributed by atoms with E-state index in [1.807, 2.05) is 0 Å². The monoisotopic (exact) mass is 292 g/mol. The zero-order valence-electron chi connectivity index (χ0n) is 8.32. The molecule has 6 heteroatoms. The Morgan fingerprint density at radius 3 is 2.53 bits per heavy atom. The second-order valence-electron chi connectivity index (χ2n) is 3.82. The molecular weight excluding hydrogens is 280 g/mol. The Labute approximate surface area is 98.1 Å². The molecule has 4 nitrogen and oxygen atoms in total. The van der Waals surface area contributed by atoms with Gasteiger partial charge in [-0.2, -0.15) is 0 Å². The van der Waals surface area contributed by atoms with E-state index in [-0.39, 0.29) is 3.95 Å². The molecule has 0 atom stereocenters. The van der Waals surface area contributed by atoms with Gasteiger partial charge in [-0.05, 0) is 41.9 Å². The van der Waals surface area contributed by atoms with Crippen LogP contribution in [-0.2, 0) is 9.84 Å². The molecule has 0 aromatic heterocycles. The summed E-state index contributed by atoms with van der Waals surface area (Å²) in [6.45, 7) is 2.48. The molecule has 2 aliphatic rings. The van der Waals surface area contributed by atoms with Crippen molar-refractivity contribution in [2.24, 2.45) is 4.99 Å². The van der Waals surface area contributed by atoms with E-state index in [1.165, 1.54) is 12.6 Å². The minimum absolute atomic E-state index is 0.0435. The number of piperidine rings is 1. The van der Waals surface area contributed by atoms with Crippen LogP contribution >= 0.6 is 15.9 Å². The molecule has 0 spiro atoms. The van der Waals surface area contributed by atoms with Crippen LogP contribution in [0.5, 0.6) is 0 Å². The minimum Gasteiger partial charge on any atom is -0.298 e. The Morgan fingerprint density at radius 2 is 2.00 bits per heavy atom. The van der Waals surface area contributed by atoms with Gasteiger partial charge in [0.1, 0.15) is 0 Å². The van der Waals surface area contributed by atoms with E-state index in [0.717, 1.165) is 25.9 Å². The Morgan fingerprint density at radius 1 is 1.33 bits per heavy atom. The highest BCUT2D eigenvalue weighted by molar-refractivity contribution is 9.21. The Bertz CT molecular complexity index is 408. The minimum atomic E-state index is -3.28. The van der Waals surface area contributed by atoms with Crippen LogP contribution in [0.1, 0.15) is 19.3 Å². The fourth-order valence-corrected chi connectivity index (χ4v) is 3.51. The van der Waals surface area contributed by atoms with Crippen LogP contribution in [0.4, 0.5) is 0 Å². The molecule has 1 fully saturated rings. The summed E-state index contributed by atoms with van der Waals surface area (Å²) < 4.78 is 23.4. The zero-order chi connectivity index (χ0) is 10.9. The molecule has 0 bridgehead atoms. The van der Waals surface area contributed by atoms with Crippen molar-refractivity contribution in [2.75, 3.05) is 19.6 Å². The first-order valence-electron chi connectivity index (χ1n) is 5.00. The lowest BCUT2D eigenvalue weighted by Gasteiger charge is -2.26. The van der Waals surface area contributed by atoms with Crippen LogP contribution in [0.2, 0.25) is 0 Å². The highest BCUT2D eigenvalue weighted by atomic mass is 79.9. The topological polar surface area (TPSA) is 49.7 Å². The van der Waals surface area contributed by atoms with Crippen molar-refractivity contribution >= 4 is 29.7 Å². The molecule has 15 heavy (non-hydrogen) atoms. The summed E-state index contributed by atoms with van der Waals surface area (Å²) in [5.74, 6) is 0. The van der Waals surface area contributed by atoms with Crippen LogP contribution in [0, 0.1) is 0 Å². The first kappa shape index (κ1) is 11.3. The summed E-state index contributed by atoms with van der Waals surface area (Å²) in [7, 11) is -3.28. The van der Waals surface area contributed by atoms with Crippen molar-refractivity contribution in [2.45, 2.75) is 19.3 Å². The van der Waals surface area contributed by atoms with Gasteiger partial charge in [0.25, 0.3) is 0 Å². The second-order valence-corrected chi connectivity index (χ2v) is 7.01. The van der Waals surface area contributed by atoms with Crippen LogP contribution in [0.15, 0.2) is 16.1 Å². The van der Waals surface area contributed by atoms with E-state index in [2.05, 4.69) is 25.8 Å². The second kappa shape index (κ2) is 4.35. The third-order valence-electron chi connectivity index (χ3n) is 2.71. The molecule has 2 rings (SSSR count). The van der Waals surface area contributed by atoms with Crippen LogP contribution in [0.3, 0.4) is 0 Å². The standard InChI is InChI=1S/C9H13BrN2O2S/c10-9-11-6-8(15(9,13)14)7-12-4-2-1-3-5-12/h6H,1-5,7H2. The molecule has 2 heterocycles. The Kier molecular flexibility index (Phi) is 3.27. The number of hydrogen-bond acceptors (Lipinski definition) is 4. The summed E-state index contributed by atoms with van der Waals surface area (Å²) >= 11 is 2.96. The molecule has 0 unspecified atom stereocenters. The summed E-state index contributed by atoms with van der Waals surface area (Å²) in [6, 6.07) is 0. The van der Waals surface area contributed by atoms with Gasteiger partial charge < -0.3 is 0 Å². The van der Waals surface area contributed by atoms with Gasteiger partial charge in [-0.1, -0.05) is 6.42 Å². The van der Waals surface area contributed by atoms with Crippen LogP contribution < -0.4 is 0 Å². The lowest BCUT2D eigenvalue weighted by atomic mass is 10.1. The lowest BCUT2D eigenvalue weighted by Crippen LogP contribution is -2.32. The van der Waals surface area contributed by atoms with Gasteiger partial charge in [-0.3, -0.25) is 4.90 Å². The Balaban J connectivity index is 2.02. The largest absolute Gasteiger partial charge is 0.298 e. The van der Waals surface area contributed by atoms with Crippen molar-refractivity contribution in [1.82, 2.24) is 4.90 Å². The van der Waals surface area contributed by atoms with Gasteiger partial charge in [0.05, 0.1) is 4.91 Å². The van der Waals surface area contributed by atoms with Gasteiger partial charge in [-0.15, -0.1) is 0 Å². The number of likely N-dealkylation sites (tertiary alicyclic amines) is 1. The normalized spacial score (nSPS) is 26.2. The van der Waals surface area contributed by atoms with E-state index >= 15 is 0 Å². The number of aliphatic imine (C=N–C) groups is 1. The van der Waals surface area contributed by atoms with Crippen molar-refractivity contribution in [1.29, 1.82) is 0 Å². The maximum Gasteiger partial charge on any atom is 0.229 e. The van der Waals surface area contributed by atoms with Gasteiger partial charge in [0.2, 0.25) is 13.8 Å². The molecule has 1 saturated heterocycles. The maximum absolute atomic E-state index is 11.7. The van der Waals surface area contributed by atoms with Crippen LogP contribution in [0.25, 0.3) is 0 Å². The fourth-order valence-electron chi connectivity index (χ4n) is 1.83. The lowest BCUT2D eigenvalue weighted by molar-refractivity contribution is 0.249. The van der Waals surface area contributed by atoms with Crippen LogP contribution in [-0.4, -0.2) is 36.9 Å².